The fourth-order valence-corrected chi connectivity index (χ4v) is 1.70. The van der Waals surface area contributed by atoms with Gasteiger partial charge in [-0.2, -0.15) is 0 Å². The predicted octanol–water partition coefficient (Wildman–Crippen LogP) is 1.75. The van der Waals surface area contributed by atoms with Gasteiger partial charge in [0.15, 0.2) is 0 Å². The van der Waals surface area contributed by atoms with Gasteiger partial charge in [0.1, 0.15) is 5.82 Å². The SMILES string of the molecule is CC/C=C(/N=C(\C=C(/C)N)C(C)C)NS(C)(=O)=O. The van der Waals surface area contributed by atoms with Crippen LogP contribution in [-0.2, 0) is 10.0 Å². The van der Waals surface area contributed by atoms with E-state index in [4.69, 9.17) is 5.73 Å². The third-order valence-electron chi connectivity index (χ3n) is 1.90. The van der Waals surface area contributed by atoms with E-state index in [1.807, 2.05) is 20.8 Å². The van der Waals surface area contributed by atoms with E-state index in [0.29, 0.717) is 17.9 Å². The number of allylic oxidation sites excluding steroid dienone is 3. The molecule has 0 saturated carbocycles. The Hall–Kier alpha value is -1.30. The summed E-state index contributed by atoms with van der Waals surface area (Å²) < 4.78 is 24.8. The molecule has 0 bridgehead atoms. The summed E-state index contributed by atoms with van der Waals surface area (Å²) in [7, 11) is -3.32. The van der Waals surface area contributed by atoms with Crippen LogP contribution in [0.5, 0.6) is 0 Å². The number of aliphatic imine (C=N–C) groups is 1. The zero-order chi connectivity index (χ0) is 14.3. The van der Waals surface area contributed by atoms with Gasteiger partial charge in [-0.05, 0) is 31.4 Å². The fourth-order valence-electron chi connectivity index (χ4n) is 1.19. The standard InChI is InChI=1S/C12H23N3O2S/c1-6-7-12(15-18(5,16)17)14-11(9(2)3)8-10(4)13/h7-9,15H,6,13H2,1-5H3/b10-8+,12-7-,14-11+. The number of nitrogens with zero attached hydrogens (tertiary/aromatic N) is 1. The molecule has 0 amide bonds. The van der Waals surface area contributed by atoms with Gasteiger partial charge in [-0.3, -0.25) is 4.72 Å². The summed E-state index contributed by atoms with van der Waals surface area (Å²) >= 11 is 0. The van der Waals surface area contributed by atoms with E-state index in [0.717, 1.165) is 12.0 Å². The second-order valence-electron chi connectivity index (χ2n) is 4.45. The van der Waals surface area contributed by atoms with Crippen LogP contribution < -0.4 is 10.5 Å². The summed E-state index contributed by atoms with van der Waals surface area (Å²) in [4.78, 5) is 4.32. The smallest absolute Gasteiger partial charge is 0.230 e. The summed E-state index contributed by atoms with van der Waals surface area (Å²) in [5.74, 6) is 0.492. The van der Waals surface area contributed by atoms with Crippen molar-refractivity contribution in [3.05, 3.63) is 23.7 Å². The van der Waals surface area contributed by atoms with Crippen molar-refractivity contribution in [3.8, 4) is 0 Å². The summed E-state index contributed by atoms with van der Waals surface area (Å²) in [5, 5.41) is 0. The molecular formula is C12H23N3O2S. The first kappa shape index (κ1) is 16.7. The second kappa shape index (κ2) is 7.20. The second-order valence-corrected chi connectivity index (χ2v) is 6.20. The van der Waals surface area contributed by atoms with Crippen molar-refractivity contribution in [3.63, 3.8) is 0 Å². The van der Waals surface area contributed by atoms with E-state index in [1.54, 1.807) is 19.1 Å². The first-order valence-corrected chi connectivity index (χ1v) is 7.75. The van der Waals surface area contributed by atoms with Gasteiger partial charge in [0.05, 0.1) is 6.26 Å². The summed E-state index contributed by atoms with van der Waals surface area (Å²) in [5.41, 5.74) is 7.01. The Kier molecular flexibility index (Phi) is 6.68. The molecule has 3 N–H and O–H groups in total. The maximum atomic E-state index is 11.2. The monoisotopic (exact) mass is 273 g/mol. The first-order chi connectivity index (χ1) is 8.15. The van der Waals surface area contributed by atoms with Crippen molar-refractivity contribution < 1.29 is 8.42 Å². The zero-order valence-electron chi connectivity index (χ0n) is 11.7. The van der Waals surface area contributed by atoms with Crippen molar-refractivity contribution in [2.24, 2.45) is 16.6 Å². The Morgan fingerprint density at radius 3 is 2.33 bits per heavy atom. The number of hydrogen-bond acceptors (Lipinski definition) is 4. The van der Waals surface area contributed by atoms with Gasteiger partial charge < -0.3 is 5.73 Å². The Balaban J connectivity index is 5.37. The molecule has 0 radical (unpaired) electrons. The maximum absolute atomic E-state index is 11.2. The van der Waals surface area contributed by atoms with Gasteiger partial charge in [0.2, 0.25) is 10.0 Å². The minimum Gasteiger partial charge on any atom is -0.402 e. The third kappa shape index (κ3) is 7.89. The van der Waals surface area contributed by atoms with Crippen LogP contribution in [0.25, 0.3) is 0 Å². The zero-order valence-corrected chi connectivity index (χ0v) is 12.5. The summed E-state index contributed by atoms with van der Waals surface area (Å²) in [6.45, 7) is 7.63. The highest BCUT2D eigenvalue weighted by Gasteiger charge is 2.07. The van der Waals surface area contributed by atoms with Gasteiger partial charge in [-0.1, -0.05) is 20.8 Å². The molecule has 5 nitrogen and oxygen atoms in total. The number of nitrogens with one attached hydrogen (secondary N) is 1. The van der Waals surface area contributed by atoms with Crippen molar-refractivity contribution in [1.82, 2.24) is 4.72 Å². The molecule has 0 aromatic rings. The van der Waals surface area contributed by atoms with Crippen LogP contribution in [-0.4, -0.2) is 20.4 Å². The molecule has 0 fully saturated rings. The van der Waals surface area contributed by atoms with E-state index >= 15 is 0 Å². The molecule has 0 heterocycles. The lowest BCUT2D eigenvalue weighted by molar-refractivity contribution is 0.594. The highest BCUT2D eigenvalue weighted by Crippen LogP contribution is 2.06. The highest BCUT2D eigenvalue weighted by molar-refractivity contribution is 7.88. The molecule has 0 atom stereocenters. The molecule has 0 aliphatic heterocycles. The van der Waals surface area contributed by atoms with Gasteiger partial charge in [-0.25, -0.2) is 13.4 Å². The molecule has 18 heavy (non-hydrogen) atoms. The molecule has 0 unspecified atom stereocenters. The number of sulfonamides is 1. The topological polar surface area (TPSA) is 84.5 Å². The largest absolute Gasteiger partial charge is 0.402 e. The molecule has 6 heteroatoms. The molecule has 0 aromatic carbocycles. The van der Waals surface area contributed by atoms with E-state index in [1.165, 1.54) is 0 Å². The van der Waals surface area contributed by atoms with E-state index in [9.17, 15) is 8.42 Å². The molecule has 0 aliphatic carbocycles. The van der Waals surface area contributed by atoms with Crippen molar-refractivity contribution >= 4 is 15.7 Å². The Bertz CT molecular complexity index is 456. The molecular weight excluding hydrogens is 250 g/mol. The minimum atomic E-state index is -3.32. The van der Waals surface area contributed by atoms with Crippen LogP contribution in [0.4, 0.5) is 0 Å². The average molecular weight is 273 g/mol. The van der Waals surface area contributed by atoms with Crippen LogP contribution in [0.1, 0.15) is 34.1 Å². The maximum Gasteiger partial charge on any atom is 0.230 e. The van der Waals surface area contributed by atoms with Crippen LogP contribution in [0.15, 0.2) is 28.7 Å². The van der Waals surface area contributed by atoms with Gasteiger partial charge in [0.25, 0.3) is 0 Å². The van der Waals surface area contributed by atoms with E-state index in [-0.39, 0.29) is 5.92 Å². The predicted molar refractivity (Wildman–Crippen MR) is 76.6 cm³/mol. The first-order valence-electron chi connectivity index (χ1n) is 5.86. The van der Waals surface area contributed by atoms with Crippen LogP contribution in [0, 0.1) is 5.92 Å². The molecule has 0 aromatic heterocycles. The van der Waals surface area contributed by atoms with Crippen LogP contribution in [0.3, 0.4) is 0 Å². The molecule has 0 rings (SSSR count). The lowest BCUT2D eigenvalue weighted by atomic mass is 10.1. The number of rotatable bonds is 6. The van der Waals surface area contributed by atoms with Crippen LogP contribution >= 0.6 is 0 Å². The molecule has 0 aliphatic rings. The summed E-state index contributed by atoms with van der Waals surface area (Å²) in [6.07, 6.45) is 5.27. The lowest BCUT2D eigenvalue weighted by Gasteiger charge is -2.10. The summed E-state index contributed by atoms with van der Waals surface area (Å²) in [6, 6.07) is 0. The van der Waals surface area contributed by atoms with Crippen molar-refractivity contribution in [1.29, 1.82) is 0 Å². The van der Waals surface area contributed by atoms with Gasteiger partial charge in [-0.15, -0.1) is 0 Å². The average Bonchev–Trinajstić information content (AvgIpc) is 2.13. The Labute approximate surface area is 110 Å². The lowest BCUT2D eigenvalue weighted by Crippen LogP contribution is -2.22. The number of hydrogen-bond donors (Lipinski definition) is 2. The Morgan fingerprint density at radius 2 is 2.00 bits per heavy atom. The minimum absolute atomic E-state index is 0.158. The third-order valence-corrected chi connectivity index (χ3v) is 2.48. The molecule has 0 saturated heterocycles. The van der Waals surface area contributed by atoms with Crippen molar-refractivity contribution in [2.45, 2.75) is 34.1 Å². The van der Waals surface area contributed by atoms with E-state index < -0.39 is 10.0 Å². The fraction of sp³-hybridized carbons (Fsp3) is 0.583. The normalized spacial score (nSPS) is 15.1. The number of nitrogens with two attached hydrogens (primary N) is 1. The molecule has 104 valence electrons. The van der Waals surface area contributed by atoms with Crippen molar-refractivity contribution in [2.75, 3.05) is 6.26 Å². The van der Waals surface area contributed by atoms with Crippen LogP contribution in [0.2, 0.25) is 0 Å². The quantitative estimate of drug-likeness (QED) is 0.723. The Morgan fingerprint density at radius 1 is 1.44 bits per heavy atom. The molecule has 0 spiro atoms. The van der Waals surface area contributed by atoms with E-state index in [2.05, 4.69) is 9.71 Å². The van der Waals surface area contributed by atoms with Gasteiger partial charge in [0, 0.05) is 11.4 Å². The van der Waals surface area contributed by atoms with Gasteiger partial charge >= 0.3 is 0 Å². The highest BCUT2D eigenvalue weighted by atomic mass is 32.2.